The van der Waals surface area contributed by atoms with Gasteiger partial charge in [-0.1, -0.05) is 12.8 Å². The minimum Gasteiger partial charge on any atom is -0.328 e. The van der Waals surface area contributed by atoms with Gasteiger partial charge in [-0.15, -0.1) is 0 Å². The Bertz CT molecular complexity index is 172. The van der Waals surface area contributed by atoms with Gasteiger partial charge in [0.1, 0.15) is 0 Å². The summed E-state index contributed by atoms with van der Waals surface area (Å²) in [6, 6.07) is 0.462. The van der Waals surface area contributed by atoms with Crippen LogP contribution in [0.25, 0.3) is 0 Å². The molecule has 1 saturated heterocycles. The molecule has 1 heterocycles. The SMILES string of the molecule is NC1CCN(CCNCCC2CC2)CC1. The summed E-state index contributed by atoms with van der Waals surface area (Å²) in [5.41, 5.74) is 5.87. The molecule has 0 aromatic rings. The highest BCUT2D eigenvalue weighted by atomic mass is 15.1. The van der Waals surface area contributed by atoms with Crippen LogP contribution >= 0.6 is 0 Å². The number of likely N-dealkylation sites (tertiary alicyclic amines) is 1. The lowest BCUT2D eigenvalue weighted by atomic mass is 10.1. The van der Waals surface area contributed by atoms with Crippen molar-refractivity contribution in [1.82, 2.24) is 10.2 Å². The maximum atomic E-state index is 5.87. The lowest BCUT2D eigenvalue weighted by Gasteiger charge is -2.30. The van der Waals surface area contributed by atoms with Crippen molar-refractivity contribution >= 4 is 0 Å². The van der Waals surface area contributed by atoms with Crippen molar-refractivity contribution in [3.63, 3.8) is 0 Å². The average molecular weight is 211 g/mol. The minimum atomic E-state index is 0.462. The molecule has 0 amide bonds. The predicted molar refractivity (Wildman–Crippen MR) is 63.9 cm³/mol. The lowest BCUT2D eigenvalue weighted by molar-refractivity contribution is 0.213. The van der Waals surface area contributed by atoms with Crippen LogP contribution in [-0.4, -0.2) is 43.7 Å². The third-order valence-electron chi connectivity index (χ3n) is 3.66. The Balaban J connectivity index is 1.43. The summed E-state index contributed by atoms with van der Waals surface area (Å²) in [5.74, 6) is 1.06. The van der Waals surface area contributed by atoms with Crippen molar-refractivity contribution in [2.75, 3.05) is 32.7 Å². The van der Waals surface area contributed by atoms with Gasteiger partial charge in [0.25, 0.3) is 0 Å². The standard InChI is InChI=1S/C12H25N3/c13-12-4-8-15(9-5-12)10-7-14-6-3-11-1-2-11/h11-12,14H,1-10,13H2. The molecule has 0 radical (unpaired) electrons. The number of nitrogens with one attached hydrogen (secondary N) is 1. The van der Waals surface area contributed by atoms with Gasteiger partial charge >= 0.3 is 0 Å². The molecule has 3 heteroatoms. The number of hydrogen-bond acceptors (Lipinski definition) is 3. The second kappa shape index (κ2) is 5.83. The summed E-state index contributed by atoms with van der Waals surface area (Å²) >= 11 is 0. The van der Waals surface area contributed by atoms with Crippen LogP contribution in [0.1, 0.15) is 32.1 Å². The van der Waals surface area contributed by atoms with Gasteiger partial charge in [-0.2, -0.15) is 0 Å². The van der Waals surface area contributed by atoms with Gasteiger partial charge in [-0.25, -0.2) is 0 Å². The first-order chi connectivity index (χ1) is 7.34. The second-order valence-electron chi connectivity index (χ2n) is 5.16. The van der Waals surface area contributed by atoms with Crippen LogP contribution in [0.3, 0.4) is 0 Å². The summed E-state index contributed by atoms with van der Waals surface area (Å²) in [6.07, 6.45) is 6.71. The third kappa shape index (κ3) is 4.49. The van der Waals surface area contributed by atoms with Crippen LogP contribution in [-0.2, 0) is 0 Å². The van der Waals surface area contributed by atoms with Crippen LogP contribution in [0.5, 0.6) is 0 Å². The predicted octanol–water partition coefficient (Wildman–Crippen LogP) is 0.799. The van der Waals surface area contributed by atoms with Gasteiger partial charge in [0, 0.05) is 19.1 Å². The Morgan fingerprint density at radius 3 is 2.47 bits per heavy atom. The summed E-state index contributed by atoms with van der Waals surface area (Å²) < 4.78 is 0. The second-order valence-corrected chi connectivity index (χ2v) is 5.16. The fourth-order valence-electron chi connectivity index (χ4n) is 2.25. The molecule has 15 heavy (non-hydrogen) atoms. The molecule has 3 N–H and O–H groups in total. The van der Waals surface area contributed by atoms with Crippen molar-refractivity contribution in [2.24, 2.45) is 11.7 Å². The molecule has 0 bridgehead atoms. The Labute approximate surface area is 93.4 Å². The Morgan fingerprint density at radius 2 is 1.80 bits per heavy atom. The molecular formula is C12H25N3. The topological polar surface area (TPSA) is 41.3 Å². The van der Waals surface area contributed by atoms with Gasteiger partial charge in [0.15, 0.2) is 0 Å². The van der Waals surface area contributed by atoms with Gasteiger partial charge in [-0.05, 0) is 44.8 Å². The first kappa shape index (κ1) is 11.4. The zero-order valence-corrected chi connectivity index (χ0v) is 9.75. The van der Waals surface area contributed by atoms with E-state index in [0.717, 1.165) is 12.5 Å². The van der Waals surface area contributed by atoms with Crippen LogP contribution < -0.4 is 11.1 Å². The van der Waals surface area contributed by atoms with E-state index in [1.54, 1.807) is 0 Å². The van der Waals surface area contributed by atoms with Crippen LogP contribution in [0.4, 0.5) is 0 Å². The number of piperidine rings is 1. The molecule has 0 aromatic carbocycles. The maximum Gasteiger partial charge on any atom is 0.0107 e. The number of rotatable bonds is 6. The quantitative estimate of drug-likeness (QED) is 0.639. The molecule has 0 spiro atoms. The van der Waals surface area contributed by atoms with E-state index >= 15 is 0 Å². The molecule has 1 saturated carbocycles. The lowest BCUT2D eigenvalue weighted by Crippen LogP contribution is -2.42. The number of hydrogen-bond donors (Lipinski definition) is 2. The highest BCUT2D eigenvalue weighted by Gasteiger charge is 2.20. The van der Waals surface area contributed by atoms with Gasteiger partial charge in [-0.3, -0.25) is 0 Å². The smallest absolute Gasteiger partial charge is 0.0107 e. The third-order valence-corrected chi connectivity index (χ3v) is 3.66. The highest BCUT2D eigenvalue weighted by Crippen LogP contribution is 2.31. The van der Waals surface area contributed by atoms with E-state index in [1.807, 2.05) is 0 Å². The summed E-state index contributed by atoms with van der Waals surface area (Å²) in [7, 11) is 0. The fraction of sp³-hybridized carbons (Fsp3) is 1.00. The molecule has 1 aliphatic heterocycles. The largest absolute Gasteiger partial charge is 0.328 e. The molecule has 0 atom stereocenters. The average Bonchev–Trinajstić information content (AvgIpc) is 3.04. The van der Waals surface area contributed by atoms with E-state index in [0.29, 0.717) is 6.04 Å². The first-order valence-corrected chi connectivity index (χ1v) is 6.53. The van der Waals surface area contributed by atoms with Gasteiger partial charge < -0.3 is 16.0 Å². The van der Waals surface area contributed by atoms with E-state index in [-0.39, 0.29) is 0 Å². The molecule has 2 rings (SSSR count). The molecule has 0 aromatic heterocycles. The van der Waals surface area contributed by atoms with Crippen LogP contribution in [0.15, 0.2) is 0 Å². The molecule has 0 unspecified atom stereocenters. The van der Waals surface area contributed by atoms with Gasteiger partial charge in [0.05, 0.1) is 0 Å². The maximum absolute atomic E-state index is 5.87. The molecule has 1 aliphatic carbocycles. The van der Waals surface area contributed by atoms with Crippen LogP contribution in [0.2, 0.25) is 0 Å². The van der Waals surface area contributed by atoms with E-state index in [1.165, 1.54) is 58.3 Å². The van der Waals surface area contributed by atoms with E-state index in [9.17, 15) is 0 Å². The zero-order chi connectivity index (χ0) is 10.5. The number of nitrogens with zero attached hydrogens (tertiary/aromatic N) is 1. The molecule has 2 aliphatic rings. The van der Waals surface area contributed by atoms with Crippen molar-refractivity contribution in [3.8, 4) is 0 Å². The normalized spacial score (nSPS) is 24.6. The molecule has 2 fully saturated rings. The Hall–Kier alpha value is -0.120. The highest BCUT2D eigenvalue weighted by molar-refractivity contribution is 4.75. The van der Waals surface area contributed by atoms with E-state index < -0.39 is 0 Å². The molecule has 88 valence electrons. The molecule has 3 nitrogen and oxygen atoms in total. The van der Waals surface area contributed by atoms with Crippen molar-refractivity contribution < 1.29 is 0 Å². The van der Waals surface area contributed by atoms with Crippen LogP contribution in [0, 0.1) is 5.92 Å². The zero-order valence-electron chi connectivity index (χ0n) is 9.75. The number of nitrogens with two attached hydrogens (primary N) is 1. The molecular weight excluding hydrogens is 186 g/mol. The monoisotopic (exact) mass is 211 g/mol. The van der Waals surface area contributed by atoms with Crippen molar-refractivity contribution in [1.29, 1.82) is 0 Å². The van der Waals surface area contributed by atoms with E-state index in [4.69, 9.17) is 5.73 Å². The van der Waals surface area contributed by atoms with Gasteiger partial charge in [0.2, 0.25) is 0 Å². The van der Waals surface area contributed by atoms with Crippen molar-refractivity contribution in [3.05, 3.63) is 0 Å². The minimum absolute atomic E-state index is 0.462. The first-order valence-electron chi connectivity index (χ1n) is 6.53. The van der Waals surface area contributed by atoms with E-state index in [2.05, 4.69) is 10.2 Å². The summed E-state index contributed by atoms with van der Waals surface area (Å²) in [5, 5.41) is 3.54. The summed E-state index contributed by atoms with van der Waals surface area (Å²) in [4.78, 5) is 2.54. The Morgan fingerprint density at radius 1 is 1.07 bits per heavy atom. The van der Waals surface area contributed by atoms with Crippen molar-refractivity contribution in [2.45, 2.75) is 38.1 Å². The fourth-order valence-corrected chi connectivity index (χ4v) is 2.25. The summed E-state index contributed by atoms with van der Waals surface area (Å²) in [6.45, 7) is 5.98. The Kier molecular flexibility index (Phi) is 4.42.